The Morgan fingerprint density at radius 2 is 2.09 bits per heavy atom. The molecule has 1 aromatic carbocycles. The maximum absolute atomic E-state index is 4.43. The van der Waals surface area contributed by atoms with Gasteiger partial charge < -0.3 is 10.2 Å². The molecule has 1 atom stereocenters. The highest BCUT2D eigenvalue weighted by atomic mass is 127. The van der Waals surface area contributed by atoms with Crippen LogP contribution in [0, 0.1) is 0 Å². The van der Waals surface area contributed by atoms with Crippen molar-refractivity contribution in [3.63, 3.8) is 0 Å². The van der Waals surface area contributed by atoms with E-state index in [-0.39, 0.29) is 24.0 Å². The fourth-order valence-corrected chi connectivity index (χ4v) is 3.03. The number of hydrogen-bond acceptors (Lipinski definition) is 2. The van der Waals surface area contributed by atoms with Crippen LogP contribution >= 0.6 is 24.0 Å². The second-order valence-electron chi connectivity index (χ2n) is 5.69. The normalized spacial score (nSPS) is 17.9. The van der Waals surface area contributed by atoms with Gasteiger partial charge in [0.2, 0.25) is 0 Å². The molecule has 0 aliphatic carbocycles. The lowest BCUT2D eigenvalue weighted by molar-refractivity contribution is 0.483. The largest absolute Gasteiger partial charge is 0.351 e. The van der Waals surface area contributed by atoms with Gasteiger partial charge in [0.1, 0.15) is 0 Å². The molecule has 1 saturated heterocycles. The Morgan fingerprint density at radius 3 is 2.74 bits per heavy atom. The minimum atomic E-state index is 0. The van der Waals surface area contributed by atoms with E-state index in [0.717, 1.165) is 31.3 Å². The molecule has 1 aliphatic heterocycles. The predicted molar refractivity (Wildman–Crippen MR) is 104 cm³/mol. The van der Waals surface area contributed by atoms with Gasteiger partial charge in [-0.05, 0) is 18.1 Å². The number of hydrogen-bond donors (Lipinski definition) is 1. The predicted octanol–water partition coefficient (Wildman–Crippen LogP) is 2.60. The Kier molecular flexibility index (Phi) is 6.44. The van der Waals surface area contributed by atoms with Gasteiger partial charge in [0.25, 0.3) is 0 Å². The van der Waals surface area contributed by atoms with E-state index in [4.69, 9.17) is 0 Å². The van der Waals surface area contributed by atoms with Crippen molar-refractivity contribution < 1.29 is 0 Å². The first-order chi connectivity index (χ1) is 10.8. The smallest absolute Gasteiger partial charge is 0.193 e. The summed E-state index contributed by atoms with van der Waals surface area (Å²) in [5.41, 5.74) is 2.58. The first kappa shape index (κ1) is 17.8. The van der Waals surface area contributed by atoms with Gasteiger partial charge in [-0.3, -0.25) is 9.67 Å². The van der Waals surface area contributed by atoms with E-state index in [1.807, 2.05) is 31.0 Å². The summed E-state index contributed by atoms with van der Waals surface area (Å²) in [6.07, 6.45) is 3.00. The minimum Gasteiger partial charge on any atom is -0.351 e. The fraction of sp³-hybridized carbons (Fsp3) is 0.412. The number of aliphatic imine (C=N–C) groups is 1. The average Bonchev–Trinajstić information content (AvgIpc) is 3.19. The summed E-state index contributed by atoms with van der Waals surface area (Å²) >= 11 is 0. The van der Waals surface area contributed by atoms with Crippen LogP contribution in [0.3, 0.4) is 0 Å². The average molecular weight is 425 g/mol. The quantitative estimate of drug-likeness (QED) is 0.467. The summed E-state index contributed by atoms with van der Waals surface area (Å²) in [4.78, 5) is 6.77. The number of rotatable bonds is 3. The van der Waals surface area contributed by atoms with E-state index in [2.05, 4.69) is 50.6 Å². The van der Waals surface area contributed by atoms with E-state index in [1.165, 1.54) is 12.0 Å². The molecule has 3 rings (SSSR count). The summed E-state index contributed by atoms with van der Waals surface area (Å²) in [6.45, 7) is 2.81. The highest BCUT2D eigenvalue weighted by Gasteiger charge is 2.25. The first-order valence-electron chi connectivity index (χ1n) is 7.75. The molecule has 0 amide bonds. The van der Waals surface area contributed by atoms with Crippen molar-refractivity contribution in [1.82, 2.24) is 20.0 Å². The van der Waals surface area contributed by atoms with E-state index >= 15 is 0 Å². The summed E-state index contributed by atoms with van der Waals surface area (Å²) in [5, 5.41) is 7.63. The molecular formula is C17H24IN5. The number of nitrogens with one attached hydrogen (secondary N) is 1. The summed E-state index contributed by atoms with van der Waals surface area (Å²) in [6, 6.07) is 12.8. The molecule has 2 aromatic rings. The lowest BCUT2D eigenvalue weighted by atomic mass is 9.99. The van der Waals surface area contributed by atoms with Crippen molar-refractivity contribution in [3.8, 4) is 0 Å². The van der Waals surface area contributed by atoms with Crippen molar-refractivity contribution in [1.29, 1.82) is 0 Å². The topological polar surface area (TPSA) is 45.5 Å². The number of benzene rings is 1. The zero-order chi connectivity index (χ0) is 15.4. The van der Waals surface area contributed by atoms with Crippen LogP contribution in [0.5, 0.6) is 0 Å². The van der Waals surface area contributed by atoms with E-state index < -0.39 is 0 Å². The van der Waals surface area contributed by atoms with Crippen molar-refractivity contribution in [2.75, 3.05) is 20.1 Å². The number of likely N-dealkylation sites (tertiary alicyclic amines) is 1. The van der Waals surface area contributed by atoms with E-state index in [1.54, 1.807) is 0 Å². The standard InChI is InChI=1S/C17H23N5.HI/c1-18-17(19-12-16-8-10-20-21(16)2)22-11-9-15(13-22)14-6-4-3-5-7-14;/h3-8,10,15H,9,11-13H2,1-2H3,(H,18,19);1H. The molecule has 6 heteroatoms. The third-order valence-electron chi connectivity index (χ3n) is 4.32. The van der Waals surface area contributed by atoms with Gasteiger partial charge in [-0.2, -0.15) is 5.10 Å². The molecule has 5 nitrogen and oxygen atoms in total. The lowest BCUT2D eigenvalue weighted by Gasteiger charge is -2.21. The second kappa shape index (κ2) is 8.33. The molecule has 1 unspecified atom stereocenters. The van der Waals surface area contributed by atoms with Crippen molar-refractivity contribution in [2.24, 2.45) is 12.0 Å². The first-order valence-corrected chi connectivity index (χ1v) is 7.75. The highest BCUT2D eigenvalue weighted by Crippen LogP contribution is 2.26. The van der Waals surface area contributed by atoms with E-state index in [9.17, 15) is 0 Å². The third-order valence-corrected chi connectivity index (χ3v) is 4.32. The molecule has 124 valence electrons. The molecule has 1 aliphatic rings. The van der Waals surface area contributed by atoms with Crippen LogP contribution in [0.1, 0.15) is 23.6 Å². The van der Waals surface area contributed by atoms with Crippen LogP contribution in [-0.4, -0.2) is 40.8 Å². The Bertz CT molecular complexity index is 637. The molecule has 0 saturated carbocycles. The molecule has 2 heterocycles. The van der Waals surface area contributed by atoms with Gasteiger partial charge in [-0.25, -0.2) is 0 Å². The highest BCUT2D eigenvalue weighted by molar-refractivity contribution is 14.0. The number of halogens is 1. The van der Waals surface area contributed by atoms with Crippen LogP contribution in [-0.2, 0) is 13.6 Å². The zero-order valence-electron chi connectivity index (χ0n) is 13.6. The van der Waals surface area contributed by atoms with Crippen LogP contribution in [0.4, 0.5) is 0 Å². The second-order valence-corrected chi connectivity index (χ2v) is 5.69. The summed E-state index contributed by atoms with van der Waals surface area (Å²) in [5.74, 6) is 1.57. The molecular weight excluding hydrogens is 401 g/mol. The number of aromatic nitrogens is 2. The van der Waals surface area contributed by atoms with Gasteiger partial charge in [-0.15, -0.1) is 24.0 Å². The Morgan fingerprint density at radius 1 is 1.30 bits per heavy atom. The van der Waals surface area contributed by atoms with Gasteiger partial charge in [0.05, 0.1) is 12.2 Å². The van der Waals surface area contributed by atoms with Crippen molar-refractivity contribution in [3.05, 3.63) is 53.9 Å². The van der Waals surface area contributed by atoms with Gasteiger partial charge in [-0.1, -0.05) is 30.3 Å². The van der Waals surface area contributed by atoms with Crippen LogP contribution in [0.15, 0.2) is 47.6 Å². The molecule has 0 bridgehead atoms. The van der Waals surface area contributed by atoms with Gasteiger partial charge in [0, 0.05) is 39.3 Å². The molecule has 1 N–H and O–H groups in total. The number of nitrogens with zero attached hydrogens (tertiary/aromatic N) is 4. The Labute approximate surface area is 154 Å². The summed E-state index contributed by atoms with van der Waals surface area (Å²) < 4.78 is 1.89. The van der Waals surface area contributed by atoms with Crippen LogP contribution in [0.2, 0.25) is 0 Å². The van der Waals surface area contributed by atoms with Gasteiger partial charge in [0.15, 0.2) is 5.96 Å². The lowest BCUT2D eigenvalue weighted by Crippen LogP contribution is -2.39. The van der Waals surface area contributed by atoms with E-state index in [0.29, 0.717) is 5.92 Å². The zero-order valence-corrected chi connectivity index (χ0v) is 16.0. The van der Waals surface area contributed by atoms with Crippen molar-refractivity contribution in [2.45, 2.75) is 18.9 Å². The Balaban J connectivity index is 0.00000192. The van der Waals surface area contributed by atoms with Crippen LogP contribution < -0.4 is 5.32 Å². The minimum absolute atomic E-state index is 0. The van der Waals surface area contributed by atoms with Crippen molar-refractivity contribution >= 4 is 29.9 Å². The number of aryl methyl sites for hydroxylation is 1. The van der Waals surface area contributed by atoms with Crippen LogP contribution in [0.25, 0.3) is 0 Å². The molecule has 0 spiro atoms. The molecule has 23 heavy (non-hydrogen) atoms. The third kappa shape index (κ3) is 4.25. The monoisotopic (exact) mass is 425 g/mol. The molecule has 0 radical (unpaired) electrons. The number of guanidine groups is 1. The molecule has 1 aromatic heterocycles. The Hall–Kier alpha value is -1.57. The maximum atomic E-state index is 4.43. The van der Waals surface area contributed by atoms with Gasteiger partial charge >= 0.3 is 0 Å². The molecule has 1 fully saturated rings. The SMILES string of the molecule is CN=C(NCc1ccnn1C)N1CCC(c2ccccc2)C1.I. The fourth-order valence-electron chi connectivity index (χ4n) is 3.03. The maximum Gasteiger partial charge on any atom is 0.193 e. The summed E-state index contributed by atoms with van der Waals surface area (Å²) in [7, 11) is 3.81.